The molecule has 5 heteroatoms. The van der Waals surface area contributed by atoms with Gasteiger partial charge in [-0.1, -0.05) is 6.07 Å². The van der Waals surface area contributed by atoms with E-state index in [0.717, 1.165) is 16.9 Å². The first-order chi connectivity index (χ1) is 8.06. The van der Waals surface area contributed by atoms with Crippen molar-refractivity contribution in [3.63, 3.8) is 0 Å². The van der Waals surface area contributed by atoms with Crippen LogP contribution in [0.2, 0.25) is 0 Å². The highest BCUT2D eigenvalue weighted by Gasteiger charge is 2.08. The van der Waals surface area contributed by atoms with E-state index in [9.17, 15) is 4.79 Å². The Bertz CT molecular complexity index is 393. The zero-order valence-corrected chi connectivity index (χ0v) is 10.3. The van der Waals surface area contributed by atoms with Gasteiger partial charge in [-0.05, 0) is 24.7 Å². The van der Waals surface area contributed by atoms with Crippen molar-refractivity contribution in [3.8, 4) is 5.75 Å². The topological polar surface area (TPSA) is 81.6 Å². The van der Waals surface area contributed by atoms with E-state index in [1.165, 1.54) is 0 Å². The van der Waals surface area contributed by atoms with Crippen molar-refractivity contribution in [1.82, 2.24) is 4.90 Å². The van der Waals surface area contributed by atoms with Gasteiger partial charge in [-0.15, -0.1) is 0 Å². The van der Waals surface area contributed by atoms with Gasteiger partial charge in [-0.3, -0.25) is 9.69 Å². The standard InChI is InChI=1S/C12H19N3O2/c1-15(8-12(14)16)7-10-5-9(6-13)3-4-11(10)17-2/h3-5H,6-8,13H2,1-2H3,(H2,14,16). The number of amides is 1. The van der Waals surface area contributed by atoms with Gasteiger partial charge in [0.2, 0.25) is 5.91 Å². The molecule has 0 bridgehead atoms. The Hall–Kier alpha value is -1.59. The van der Waals surface area contributed by atoms with Gasteiger partial charge in [0.1, 0.15) is 5.75 Å². The van der Waals surface area contributed by atoms with E-state index in [1.807, 2.05) is 30.1 Å². The van der Waals surface area contributed by atoms with Crippen molar-refractivity contribution in [3.05, 3.63) is 29.3 Å². The van der Waals surface area contributed by atoms with Gasteiger partial charge in [0, 0.05) is 18.7 Å². The van der Waals surface area contributed by atoms with E-state index >= 15 is 0 Å². The summed E-state index contributed by atoms with van der Waals surface area (Å²) < 4.78 is 5.27. The Labute approximate surface area is 101 Å². The Morgan fingerprint density at radius 3 is 2.71 bits per heavy atom. The largest absolute Gasteiger partial charge is 0.496 e. The van der Waals surface area contributed by atoms with Crippen LogP contribution in [0.4, 0.5) is 0 Å². The van der Waals surface area contributed by atoms with E-state index in [4.69, 9.17) is 16.2 Å². The molecule has 1 rings (SSSR count). The van der Waals surface area contributed by atoms with E-state index in [1.54, 1.807) is 7.11 Å². The van der Waals surface area contributed by atoms with E-state index < -0.39 is 0 Å². The number of primary amides is 1. The van der Waals surface area contributed by atoms with Crippen LogP contribution in [0.15, 0.2) is 18.2 Å². The molecule has 0 aliphatic rings. The molecule has 1 amide bonds. The third kappa shape index (κ3) is 4.05. The molecule has 0 unspecified atom stereocenters. The molecule has 94 valence electrons. The lowest BCUT2D eigenvalue weighted by atomic mass is 10.1. The van der Waals surface area contributed by atoms with E-state index in [2.05, 4.69) is 0 Å². The average Bonchev–Trinajstić information content (AvgIpc) is 2.27. The van der Waals surface area contributed by atoms with Crippen LogP contribution in [0.5, 0.6) is 5.75 Å². The van der Waals surface area contributed by atoms with Gasteiger partial charge in [0.05, 0.1) is 13.7 Å². The summed E-state index contributed by atoms with van der Waals surface area (Å²) in [6.07, 6.45) is 0. The van der Waals surface area contributed by atoms with Crippen molar-refractivity contribution < 1.29 is 9.53 Å². The first kappa shape index (κ1) is 13.5. The number of carbonyl (C=O) groups excluding carboxylic acids is 1. The number of carbonyl (C=O) groups is 1. The van der Waals surface area contributed by atoms with Crippen molar-refractivity contribution in [2.24, 2.45) is 11.5 Å². The summed E-state index contributed by atoms with van der Waals surface area (Å²) in [6, 6.07) is 5.79. The Kier molecular flexibility index (Phi) is 4.93. The predicted molar refractivity (Wildman–Crippen MR) is 66.4 cm³/mol. The van der Waals surface area contributed by atoms with Crippen molar-refractivity contribution >= 4 is 5.91 Å². The molecule has 5 nitrogen and oxygen atoms in total. The van der Waals surface area contributed by atoms with Crippen LogP contribution in [0.3, 0.4) is 0 Å². The first-order valence-electron chi connectivity index (χ1n) is 5.39. The summed E-state index contributed by atoms with van der Waals surface area (Å²) in [7, 11) is 3.45. The normalized spacial score (nSPS) is 10.6. The number of ether oxygens (including phenoxy) is 1. The fourth-order valence-corrected chi connectivity index (χ4v) is 1.70. The predicted octanol–water partition coefficient (Wildman–Crippen LogP) is 0.0710. The minimum atomic E-state index is -0.346. The lowest BCUT2D eigenvalue weighted by Gasteiger charge is -2.17. The summed E-state index contributed by atoms with van der Waals surface area (Å²) in [6.45, 7) is 1.30. The van der Waals surface area contributed by atoms with Crippen molar-refractivity contribution in [2.75, 3.05) is 20.7 Å². The Morgan fingerprint density at radius 1 is 1.47 bits per heavy atom. The highest BCUT2D eigenvalue weighted by molar-refractivity contribution is 5.75. The molecular weight excluding hydrogens is 218 g/mol. The van der Waals surface area contributed by atoms with Crippen LogP contribution in [-0.4, -0.2) is 31.5 Å². The molecule has 0 radical (unpaired) electrons. The maximum Gasteiger partial charge on any atom is 0.231 e. The first-order valence-corrected chi connectivity index (χ1v) is 5.39. The number of nitrogens with two attached hydrogens (primary N) is 2. The van der Waals surface area contributed by atoms with Crippen LogP contribution < -0.4 is 16.2 Å². The number of hydrogen-bond donors (Lipinski definition) is 2. The van der Waals surface area contributed by atoms with Crippen LogP contribution in [0, 0.1) is 0 Å². The molecule has 0 atom stereocenters. The van der Waals surface area contributed by atoms with E-state index in [0.29, 0.717) is 13.1 Å². The second-order valence-corrected chi connectivity index (χ2v) is 3.99. The summed E-state index contributed by atoms with van der Waals surface area (Å²) in [5, 5.41) is 0. The van der Waals surface area contributed by atoms with Gasteiger partial charge in [-0.25, -0.2) is 0 Å². The molecule has 1 aromatic carbocycles. The van der Waals surface area contributed by atoms with Crippen LogP contribution in [-0.2, 0) is 17.9 Å². The molecule has 0 aromatic heterocycles. The number of benzene rings is 1. The molecule has 0 heterocycles. The van der Waals surface area contributed by atoms with Gasteiger partial charge in [0.25, 0.3) is 0 Å². The van der Waals surface area contributed by atoms with Crippen molar-refractivity contribution in [2.45, 2.75) is 13.1 Å². The van der Waals surface area contributed by atoms with Gasteiger partial charge in [0.15, 0.2) is 0 Å². The van der Waals surface area contributed by atoms with Gasteiger partial charge >= 0.3 is 0 Å². The molecule has 4 N–H and O–H groups in total. The molecule has 0 spiro atoms. The fraction of sp³-hybridized carbons (Fsp3) is 0.417. The number of methoxy groups -OCH3 is 1. The molecule has 1 aromatic rings. The minimum absolute atomic E-state index is 0.218. The number of likely N-dealkylation sites (N-methyl/N-ethyl adjacent to an activating group) is 1. The molecule has 0 aliphatic carbocycles. The molecule has 0 saturated carbocycles. The Morgan fingerprint density at radius 2 is 2.18 bits per heavy atom. The lowest BCUT2D eigenvalue weighted by molar-refractivity contribution is -0.118. The third-order valence-electron chi connectivity index (χ3n) is 2.45. The van der Waals surface area contributed by atoms with Crippen molar-refractivity contribution in [1.29, 1.82) is 0 Å². The third-order valence-corrected chi connectivity index (χ3v) is 2.45. The fourth-order valence-electron chi connectivity index (χ4n) is 1.70. The summed E-state index contributed by atoms with van der Waals surface area (Å²) in [5.41, 5.74) is 12.8. The SMILES string of the molecule is COc1ccc(CN)cc1CN(C)CC(N)=O. The molecular formula is C12H19N3O2. The molecule has 0 saturated heterocycles. The van der Waals surface area contributed by atoms with Crippen LogP contribution in [0.1, 0.15) is 11.1 Å². The lowest BCUT2D eigenvalue weighted by Crippen LogP contribution is -2.30. The second-order valence-electron chi connectivity index (χ2n) is 3.99. The van der Waals surface area contributed by atoms with Gasteiger partial charge in [-0.2, -0.15) is 0 Å². The van der Waals surface area contributed by atoms with Gasteiger partial charge < -0.3 is 16.2 Å². The summed E-state index contributed by atoms with van der Waals surface area (Å²) >= 11 is 0. The van der Waals surface area contributed by atoms with Crippen LogP contribution >= 0.6 is 0 Å². The van der Waals surface area contributed by atoms with E-state index in [-0.39, 0.29) is 12.5 Å². The number of rotatable bonds is 6. The average molecular weight is 237 g/mol. The minimum Gasteiger partial charge on any atom is -0.496 e. The molecule has 17 heavy (non-hydrogen) atoms. The zero-order valence-electron chi connectivity index (χ0n) is 10.3. The highest BCUT2D eigenvalue weighted by atomic mass is 16.5. The highest BCUT2D eigenvalue weighted by Crippen LogP contribution is 2.21. The summed E-state index contributed by atoms with van der Waals surface area (Å²) in [4.78, 5) is 12.6. The monoisotopic (exact) mass is 237 g/mol. The quantitative estimate of drug-likeness (QED) is 0.733. The second kappa shape index (κ2) is 6.22. The maximum absolute atomic E-state index is 10.8. The number of hydrogen-bond acceptors (Lipinski definition) is 4. The Balaban J connectivity index is 2.83. The molecule has 0 aliphatic heterocycles. The smallest absolute Gasteiger partial charge is 0.231 e. The molecule has 0 fully saturated rings. The summed E-state index contributed by atoms with van der Waals surface area (Å²) in [5.74, 6) is 0.444. The van der Waals surface area contributed by atoms with Crippen LogP contribution in [0.25, 0.3) is 0 Å². The maximum atomic E-state index is 10.8. The zero-order chi connectivity index (χ0) is 12.8. The number of nitrogens with zero attached hydrogens (tertiary/aromatic N) is 1.